The Bertz CT molecular complexity index is 507. The topological polar surface area (TPSA) is 79.3 Å². The maximum absolute atomic E-state index is 12.0. The van der Waals surface area contributed by atoms with Crippen LogP contribution in [0, 0.1) is 11.8 Å². The molecule has 0 radical (unpaired) electrons. The van der Waals surface area contributed by atoms with Crippen LogP contribution in [0.3, 0.4) is 0 Å². The Morgan fingerprint density at radius 3 is 2.85 bits per heavy atom. The summed E-state index contributed by atoms with van der Waals surface area (Å²) in [7, 11) is 0. The zero-order valence-corrected chi connectivity index (χ0v) is 12.6. The number of carbonyl (C=O) groups is 2. The molecule has 2 N–H and O–H groups in total. The fraction of sp³-hybridized carbons (Fsp3) is 0.500. The minimum atomic E-state index is -0.761. The molecule has 1 aliphatic carbocycles. The number of hydrogen-bond acceptors (Lipinski definition) is 3. The van der Waals surface area contributed by atoms with E-state index in [0.29, 0.717) is 23.1 Å². The molecule has 0 spiro atoms. The summed E-state index contributed by atoms with van der Waals surface area (Å²) in [6.07, 6.45) is 5.08. The van der Waals surface area contributed by atoms with Crippen LogP contribution in [0.15, 0.2) is 22.8 Å². The molecule has 1 aromatic heterocycles. The molecule has 2 rings (SSSR count). The highest BCUT2D eigenvalue weighted by Crippen LogP contribution is 2.29. The normalized spacial score (nSPS) is 22.2. The summed E-state index contributed by atoms with van der Waals surface area (Å²) in [6, 6.07) is 3.49. The zero-order valence-electron chi connectivity index (χ0n) is 11.0. The van der Waals surface area contributed by atoms with Gasteiger partial charge in [0.25, 0.3) is 5.91 Å². The number of carboxylic acids is 1. The standard InChI is InChI=1S/C14H17BrN2O3/c15-11-6-3-7-16-12(11)13(18)17-8-9-4-1-2-5-10(9)14(19)20/h3,6-7,9-10H,1-2,4-5,8H2,(H,17,18)(H,19,20). The summed E-state index contributed by atoms with van der Waals surface area (Å²) < 4.78 is 0.635. The van der Waals surface area contributed by atoms with Gasteiger partial charge in [0, 0.05) is 17.2 Å². The van der Waals surface area contributed by atoms with Crippen LogP contribution in [-0.2, 0) is 4.79 Å². The second kappa shape index (κ2) is 6.83. The van der Waals surface area contributed by atoms with E-state index in [1.807, 2.05) is 0 Å². The summed E-state index contributed by atoms with van der Waals surface area (Å²) >= 11 is 3.28. The van der Waals surface area contributed by atoms with Gasteiger partial charge in [-0.1, -0.05) is 12.8 Å². The van der Waals surface area contributed by atoms with E-state index in [1.165, 1.54) is 0 Å². The molecule has 5 nitrogen and oxygen atoms in total. The number of rotatable bonds is 4. The molecule has 0 saturated heterocycles. The van der Waals surface area contributed by atoms with Crippen molar-refractivity contribution in [1.29, 1.82) is 0 Å². The smallest absolute Gasteiger partial charge is 0.306 e. The molecule has 1 heterocycles. The van der Waals surface area contributed by atoms with Gasteiger partial charge in [0.1, 0.15) is 5.69 Å². The number of aliphatic carboxylic acids is 1. The van der Waals surface area contributed by atoms with E-state index in [1.54, 1.807) is 18.3 Å². The Kier molecular flexibility index (Phi) is 5.11. The third kappa shape index (κ3) is 3.56. The highest BCUT2D eigenvalue weighted by molar-refractivity contribution is 9.10. The molecule has 1 fully saturated rings. The molecule has 108 valence electrons. The Hall–Kier alpha value is -1.43. The van der Waals surface area contributed by atoms with Crippen LogP contribution in [-0.4, -0.2) is 28.5 Å². The number of amides is 1. The van der Waals surface area contributed by atoms with Crippen LogP contribution < -0.4 is 5.32 Å². The van der Waals surface area contributed by atoms with Gasteiger partial charge in [-0.2, -0.15) is 0 Å². The monoisotopic (exact) mass is 340 g/mol. The van der Waals surface area contributed by atoms with Gasteiger partial charge in [-0.05, 0) is 46.8 Å². The van der Waals surface area contributed by atoms with Gasteiger partial charge in [0.15, 0.2) is 0 Å². The molecular weight excluding hydrogens is 324 g/mol. The average Bonchev–Trinajstić information content (AvgIpc) is 2.45. The Morgan fingerprint density at radius 1 is 1.40 bits per heavy atom. The first-order valence-electron chi connectivity index (χ1n) is 6.71. The number of hydrogen-bond donors (Lipinski definition) is 2. The summed E-state index contributed by atoms with van der Waals surface area (Å²) in [4.78, 5) is 27.3. The Morgan fingerprint density at radius 2 is 2.15 bits per heavy atom. The van der Waals surface area contributed by atoms with Crippen molar-refractivity contribution in [2.45, 2.75) is 25.7 Å². The van der Waals surface area contributed by atoms with Crippen LogP contribution in [0.4, 0.5) is 0 Å². The molecule has 0 aromatic carbocycles. The number of carboxylic acid groups (broad SMARTS) is 1. The second-order valence-corrected chi connectivity index (χ2v) is 5.89. The lowest BCUT2D eigenvalue weighted by molar-refractivity contribution is -0.144. The molecule has 2 unspecified atom stereocenters. The first kappa shape index (κ1) is 15.0. The molecule has 20 heavy (non-hydrogen) atoms. The van der Waals surface area contributed by atoms with Gasteiger partial charge in [0.2, 0.25) is 0 Å². The minimum Gasteiger partial charge on any atom is -0.481 e. The fourth-order valence-electron chi connectivity index (χ4n) is 2.64. The first-order valence-corrected chi connectivity index (χ1v) is 7.50. The van der Waals surface area contributed by atoms with E-state index < -0.39 is 5.97 Å². The molecule has 1 amide bonds. The molecule has 0 bridgehead atoms. The van der Waals surface area contributed by atoms with E-state index in [4.69, 9.17) is 0 Å². The van der Waals surface area contributed by atoms with Gasteiger partial charge in [-0.15, -0.1) is 0 Å². The van der Waals surface area contributed by atoms with Crippen LogP contribution in [0.1, 0.15) is 36.2 Å². The van der Waals surface area contributed by atoms with Crippen molar-refractivity contribution in [3.05, 3.63) is 28.5 Å². The molecule has 1 saturated carbocycles. The molecule has 1 aliphatic rings. The van der Waals surface area contributed by atoms with Crippen molar-refractivity contribution in [3.63, 3.8) is 0 Å². The van der Waals surface area contributed by atoms with Crippen LogP contribution in [0.5, 0.6) is 0 Å². The van der Waals surface area contributed by atoms with Crippen LogP contribution in [0.25, 0.3) is 0 Å². The second-order valence-electron chi connectivity index (χ2n) is 5.03. The van der Waals surface area contributed by atoms with Gasteiger partial charge in [-0.3, -0.25) is 9.59 Å². The summed E-state index contributed by atoms with van der Waals surface area (Å²) in [6.45, 7) is 0.388. The summed E-state index contributed by atoms with van der Waals surface area (Å²) in [5.74, 6) is -1.38. The van der Waals surface area contributed by atoms with E-state index in [2.05, 4.69) is 26.2 Å². The van der Waals surface area contributed by atoms with Crippen molar-refractivity contribution in [2.24, 2.45) is 11.8 Å². The number of pyridine rings is 1. The van der Waals surface area contributed by atoms with Crippen LogP contribution >= 0.6 is 15.9 Å². The van der Waals surface area contributed by atoms with Crippen molar-refractivity contribution < 1.29 is 14.7 Å². The molecule has 2 atom stereocenters. The number of carbonyl (C=O) groups excluding carboxylic acids is 1. The zero-order chi connectivity index (χ0) is 14.5. The quantitative estimate of drug-likeness (QED) is 0.882. The molecule has 6 heteroatoms. The van der Waals surface area contributed by atoms with Gasteiger partial charge in [-0.25, -0.2) is 4.98 Å². The molecule has 0 aliphatic heterocycles. The number of nitrogens with one attached hydrogen (secondary N) is 1. The SMILES string of the molecule is O=C(NCC1CCCCC1C(=O)O)c1ncccc1Br. The van der Waals surface area contributed by atoms with Crippen molar-refractivity contribution in [1.82, 2.24) is 10.3 Å². The van der Waals surface area contributed by atoms with E-state index in [-0.39, 0.29) is 17.7 Å². The lowest BCUT2D eigenvalue weighted by Crippen LogP contribution is -2.37. The molecular formula is C14H17BrN2O3. The molecule has 1 aromatic rings. The first-order chi connectivity index (χ1) is 9.59. The average molecular weight is 341 g/mol. The fourth-order valence-corrected chi connectivity index (χ4v) is 3.07. The Labute approximate surface area is 125 Å². The number of halogens is 1. The largest absolute Gasteiger partial charge is 0.481 e. The number of aromatic nitrogens is 1. The highest BCUT2D eigenvalue weighted by Gasteiger charge is 2.31. The van der Waals surface area contributed by atoms with Crippen LogP contribution in [0.2, 0.25) is 0 Å². The lowest BCUT2D eigenvalue weighted by atomic mass is 9.79. The number of nitrogens with zero attached hydrogens (tertiary/aromatic N) is 1. The predicted octanol–water partition coefficient (Wildman–Crippen LogP) is 2.46. The van der Waals surface area contributed by atoms with Crippen molar-refractivity contribution >= 4 is 27.8 Å². The van der Waals surface area contributed by atoms with Gasteiger partial charge < -0.3 is 10.4 Å². The van der Waals surface area contributed by atoms with E-state index in [0.717, 1.165) is 19.3 Å². The minimum absolute atomic E-state index is 0.00712. The maximum atomic E-state index is 12.0. The van der Waals surface area contributed by atoms with E-state index in [9.17, 15) is 14.7 Å². The van der Waals surface area contributed by atoms with Crippen molar-refractivity contribution in [3.8, 4) is 0 Å². The highest BCUT2D eigenvalue weighted by atomic mass is 79.9. The summed E-state index contributed by atoms with van der Waals surface area (Å²) in [5, 5.41) is 12.0. The van der Waals surface area contributed by atoms with E-state index >= 15 is 0 Å². The lowest BCUT2D eigenvalue weighted by Gasteiger charge is -2.28. The van der Waals surface area contributed by atoms with Gasteiger partial charge >= 0.3 is 5.97 Å². The summed E-state index contributed by atoms with van der Waals surface area (Å²) in [5.41, 5.74) is 0.329. The van der Waals surface area contributed by atoms with Crippen molar-refractivity contribution in [2.75, 3.05) is 6.54 Å². The Balaban J connectivity index is 1.95. The maximum Gasteiger partial charge on any atom is 0.306 e. The van der Waals surface area contributed by atoms with Gasteiger partial charge in [0.05, 0.1) is 5.92 Å². The third-order valence-corrected chi connectivity index (χ3v) is 4.36. The third-order valence-electron chi connectivity index (χ3n) is 3.72. The predicted molar refractivity (Wildman–Crippen MR) is 77.4 cm³/mol.